The highest BCUT2D eigenvalue weighted by molar-refractivity contribution is 6.02. The van der Waals surface area contributed by atoms with Gasteiger partial charge in [0.2, 0.25) is 0 Å². The molecule has 138 valence electrons. The second-order valence-corrected chi connectivity index (χ2v) is 7.94. The fraction of sp³-hybridized carbons (Fsp3) is 0.524. The molecule has 2 N–H and O–H groups in total. The van der Waals surface area contributed by atoms with Crippen molar-refractivity contribution in [3.63, 3.8) is 0 Å². The summed E-state index contributed by atoms with van der Waals surface area (Å²) in [5.74, 6) is 0.419. The topological polar surface area (TPSA) is 61.0 Å². The Kier molecular flexibility index (Phi) is 4.81. The number of benzene rings is 1. The van der Waals surface area contributed by atoms with E-state index in [-0.39, 0.29) is 5.91 Å². The number of carbonyl (C=O) groups excluding carboxylic acids is 1. The Bertz CT molecular complexity index is 753. The van der Waals surface area contributed by atoms with Gasteiger partial charge in [0.15, 0.2) is 5.69 Å². The highest BCUT2D eigenvalue weighted by Gasteiger charge is 2.27. The molecule has 1 saturated heterocycles. The van der Waals surface area contributed by atoms with Gasteiger partial charge in [-0.15, -0.1) is 0 Å². The molecular formula is C21H28N4O. The summed E-state index contributed by atoms with van der Waals surface area (Å²) in [5.41, 5.74) is 3.65. The summed E-state index contributed by atoms with van der Waals surface area (Å²) in [6, 6.07) is 11.4. The number of rotatable bonds is 5. The minimum atomic E-state index is -0.154. The van der Waals surface area contributed by atoms with E-state index in [0.29, 0.717) is 23.7 Å². The Morgan fingerprint density at radius 1 is 1.15 bits per heavy atom. The second-order valence-electron chi connectivity index (χ2n) is 7.94. The van der Waals surface area contributed by atoms with Crippen molar-refractivity contribution in [2.24, 2.45) is 0 Å². The molecule has 2 atom stereocenters. The lowest BCUT2D eigenvalue weighted by Crippen LogP contribution is -2.42. The van der Waals surface area contributed by atoms with Crippen LogP contribution in [0, 0.1) is 0 Å². The minimum Gasteiger partial charge on any atom is -0.321 e. The van der Waals surface area contributed by atoms with Gasteiger partial charge in [-0.1, -0.05) is 18.6 Å². The van der Waals surface area contributed by atoms with Gasteiger partial charge < -0.3 is 5.32 Å². The first-order valence-corrected chi connectivity index (χ1v) is 9.81. The largest absolute Gasteiger partial charge is 0.321 e. The summed E-state index contributed by atoms with van der Waals surface area (Å²) in [5, 5.41) is 10.1. The second kappa shape index (κ2) is 7.23. The lowest BCUT2D eigenvalue weighted by atomic mass is 9.97. The number of hydrogen-bond acceptors (Lipinski definition) is 3. The smallest absolute Gasteiger partial charge is 0.276 e. The molecule has 5 heteroatoms. The summed E-state index contributed by atoms with van der Waals surface area (Å²) in [4.78, 5) is 14.9. The third kappa shape index (κ3) is 3.83. The maximum atomic E-state index is 12.4. The molecule has 26 heavy (non-hydrogen) atoms. The van der Waals surface area contributed by atoms with Crippen molar-refractivity contribution in [3.05, 3.63) is 47.3 Å². The average molecular weight is 352 g/mol. The Labute approximate surface area is 155 Å². The van der Waals surface area contributed by atoms with E-state index >= 15 is 0 Å². The summed E-state index contributed by atoms with van der Waals surface area (Å²) in [6.45, 7) is 5.62. The standard InChI is InChI=1S/C21H28N4O/c1-14-4-3-5-15(2)25(14)13-16-6-10-18(11-7-16)22-21(26)20-12-19(23-24-20)17-8-9-17/h6-7,10-12,14-15,17H,3-5,8-9,13H2,1-2H3,(H,22,26)(H,23,24). The van der Waals surface area contributed by atoms with Crippen LogP contribution < -0.4 is 5.32 Å². The van der Waals surface area contributed by atoms with Crippen LogP contribution in [0.15, 0.2) is 30.3 Å². The zero-order chi connectivity index (χ0) is 18.1. The number of hydrogen-bond donors (Lipinski definition) is 2. The van der Waals surface area contributed by atoms with Crippen LogP contribution in [0.2, 0.25) is 0 Å². The molecule has 4 rings (SSSR count). The maximum absolute atomic E-state index is 12.4. The van der Waals surface area contributed by atoms with Crippen LogP contribution in [-0.4, -0.2) is 33.1 Å². The monoisotopic (exact) mass is 352 g/mol. The summed E-state index contributed by atoms with van der Waals surface area (Å²) in [7, 11) is 0. The van der Waals surface area contributed by atoms with Crippen LogP contribution in [0.5, 0.6) is 0 Å². The lowest BCUT2D eigenvalue weighted by molar-refractivity contribution is 0.0953. The number of nitrogens with one attached hydrogen (secondary N) is 2. The van der Waals surface area contributed by atoms with Gasteiger partial charge in [0.25, 0.3) is 5.91 Å². The molecule has 2 aliphatic rings. The number of carbonyl (C=O) groups is 1. The zero-order valence-electron chi connectivity index (χ0n) is 15.7. The molecule has 2 unspecified atom stereocenters. The van der Waals surface area contributed by atoms with Gasteiger partial charge >= 0.3 is 0 Å². The quantitative estimate of drug-likeness (QED) is 0.843. The van der Waals surface area contributed by atoms with E-state index in [1.165, 1.54) is 37.7 Å². The van der Waals surface area contributed by atoms with Crippen molar-refractivity contribution in [1.29, 1.82) is 0 Å². The van der Waals surface area contributed by atoms with Crippen molar-refractivity contribution >= 4 is 11.6 Å². The van der Waals surface area contributed by atoms with E-state index in [4.69, 9.17) is 0 Å². The Hall–Kier alpha value is -2.14. The number of aromatic nitrogens is 2. The Morgan fingerprint density at radius 2 is 1.85 bits per heavy atom. The lowest BCUT2D eigenvalue weighted by Gasteiger charge is -2.39. The van der Waals surface area contributed by atoms with Crippen LogP contribution in [0.3, 0.4) is 0 Å². The van der Waals surface area contributed by atoms with E-state index in [9.17, 15) is 4.79 Å². The number of piperidine rings is 1. The van der Waals surface area contributed by atoms with Gasteiger partial charge in [-0.25, -0.2) is 0 Å². The molecule has 2 fully saturated rings. The molecule has 1 amide bonds. The molecule has 0 spiro atoms. The number of anilines is 1. The predicted octanol–water partition coefficient (Wildman–Crippen LogP) is 4.30. The SMILES string of the molecule is CC1CCCC(C)N1Cc1ccc(NC(=O)c2cc(C3CC3)[nH]n2)cc1. The minimum absolute atomic E-state index is 0.154. The van der Waals surface area contributed by atoms with E-state index in [2.05, 4.69) is 46.4 Å². The molecule has 0 radical (unpaired) electrons. The molecular weight excluding hydrogens is 324 g/mol. The molecule has 1 aromatic heterocycles. The first-order chi connectivity index (χ1) is 12.6. The van der Waals surface area contributed by atoms with E-state index < -0.39 is 0 Å². The average Bonchev–Trinajstić information content (AvgIpc) is 3.36. The van der Waals surface area contributed by atoms with Gasteiger partial charge in [0.1, 0.15) is 0 Å². The molecule has 1 aliphatic heterocycles. The highest BCUT2D eigenvalue weighted by Crippen LogP contribution is 2.39. The van der Waals surface area contributed by atoms with Gasteiger partial charge in [-0.2, -0.15) is 5.10 Å². The van der Waals surface area contributed by atoms with E-state index in [0.717, 1.165) is 17.9 Å². The fourth-order valence-electron chi connectivity index (χ4n) is 3.94. The summed E-state index contributed by atoms with van der Waals surface area (Å²) < 4.78 is 0. The van der Waals surface area contributed by atoms with Crippen LogP contribution in [-0.2, 0) is 6.54 Å². The number of aromatic amines is 1. The van der Waals surface area contributed by atoms with Crippen molar-refractivity contribution in [2.75, 3.05) is 5.32 Å². The Morgan fingerprint density at radius 3 is 2.50 bits per heavy atom. The zero-order valence-corrected chi connectivity index (χ0v) is 15.7. The van der Waals surface area contributed by atoms with Gasteiger partial charge in [0.05, 0.1) is 0 Å². The number of nitrogens with zero attached hydrogens (tertiary/aromatic N) is 2. The molecule has 2 aromatic rings. The van der Waals surface area contributed by atoms with Crippen LogP contribution in [0.1, 0.15) is 73.6 Å². The molecule has 0 bridgehead atoms. The number of H-pyrrole nitrogens is 1. The Balaban J connectivity index is 1.36. The van der Waals surface area contributed by atoms with Gasteiger partial charge in [-0.3, -0.25) is 14.8 Å². The van der Waals surface area contributed by atoms with Gasteiger partial charge in [-0.05, 0) is 63.3 Å². The van der Waals surface area contributed by atoms with E-state index in [1.54, 1.807) is 0 Å². The number of amides is 1. The van der Waals surface area contributed by atoms with Crippen LogP contribution in [0.25, 0.3) is 0 Å². The maximum Gasteiger partial charge on any atom is 0.276 e. The van der Waals surface area contributed by atoms with Gasteiger partial charge in [0, 0.05) is 35.9 Å². The van der Waals surface area contributed by atoms with Crippen molar-refractivity contribution < 1.29 is 4.79 Å². The predicted molar refractivity (Wildman–Crippen MR) is 103 cm³/mol. The molecule has 1 saturated carbocycles. The third-order valence-corrected chi connectivity index (χ3v) is 5.80. The van der Waals surface area contributed by atoms with Crippen LogP contribution >= 0.6 is 0 Å². The molecule has 1 aromatic carbocycles. The first-order valence-electron chi connectivity index (χ1n) is 9.81. The van der Waals surface area contributed by atoms with Crippen LogP contribution in [0.4, 0.5) is 5.69 Å². The van der Waals surface area contributed by atoms with Crippen molar-refractivity contribution in [3.8, 4) is 0 Å². The third-order valence-electron chi connectivity index (χ3n) is 5.80. The first kappa shape index (κ1) is 17.3. The fourth-order valence-corrected chi connectivity index (χ4v) is 3.94. The summed E-state index contributed by atoms with van der Waals surface area (Å²) >= 11 is 0. The number of likely N-dealkylation sites (tertiary alicyclic amines) is 1. The summed E-state index contributed by atoms with van der Waals surface area (Å²) in [6.07, 6.45) is 6.29. The normalized spacial score (nSPS) is 23.8. The molecule has 1 aliphatic carbocycles. The molecule has 2 heterocycles. The highest BCUT2D eigenvalue weighted by atomic mass is 16.1. The molecule has 5 nitrogen and oxygen atoms in total. The van der Waals surface area contributed by atoms with Crippen molar-refractivity contribution in [2.45, 2.75) is 70.5 Å². The van der Waals surface area contributed by atoms with Crippen molar-refractivity contribution in [1.82, 2.24) is 15.1 Å². The van der Waals surface area contributed by atoms with E-state index in [1.807, 2.05) is 18.2 Å².